The maximum absolute atomic E-state index is 11.2. The molecule has 1 heterocycles. The van der Waals surface area contributed by atoms with Gasteiger partial charge in [-0.15, -0.1) is 0 Å². The van der Waals surface area contributed by atoms with E-state index in [1.807, 2.05) is 0 Å². The van der Waals surface area contributed by atoms with Crippen molar-refractivity contribution in [3.63, 3.8) is 0 Å². The molecule has 0 unspecified atom stereocenters. The number of hydrogen-bond acceptors (Lipinski definition) is 3. The summed E-state index contributed by atoms with van der Waals surface area (Å²) < 4.78 is 21.8. The zero-order valence-electron chi connectivity index (χ0n) is 10.6. The van der Waals surface area contributed by atoms with Crippen LogP contribution < -0.4 is 0 Å². The Morgan fingerprint density at radius 2 is 2.29 bits per heavy atom. The van der Waals surface area contributed by atoms with Crippen LogP contribution in [-0.2, 0) is 0 Å². The van der Waals surface area contributed by atoms with Crippen LogP contribution in [0.5, 0.6) is 0 Å². The van der Waals surface area contributed by atoms with Crippen molar-refractivity contribution in [3.8, 4) is 0 Å². The number of benzene rings is 1. The van der Waals surface area contributed by atoms with Crippen LogP contribution in [0.25, 0.3) is 11.0 Å². The summed E-state index contributed by atoms with van der Waals surface area (Å²) in [7, 11) is 0. The number of ketones is 1. The Morgan fingerprint density at radius 3 is 3.00 bits per heavy atom. The highest BCUT2D eigenvalue weighted by molar-refractivity contribution is 5.97. The molecule has 0 aliphatic carbocycles. The second-order valence-corrected chi connectivity index (χ2v) is 3.01. The quantitative estimate of drug-likeness (QED) is 0.645. The molecule has 0 amide bonds. The van der Waals surface area contributed by atoms with Gasteiger partial charge in [-0.2, -0.15) is 0 Å². The van der Waals surface area contributed by atoms with E-state index in [-0.39, 0.29) is 11.5 Å². The van der Waals surface area contributed by atoms with Crippen LogP contribution in [0.4, 0.5) is 0 Å². The van der Waals surface area contributed by atoms with Crippen molar-refractivity contribution in [3.05, 3.63) is 35.7 Å². The average molecular weight is 189 g/mol. The van der Waals surface area contributed by atoms with Gasteiger partial charge in [-0.1, -0.05) is 0 Å². The lowest BCUT2D eigenvalue weighted by atomic mass is 10.1. The number of carbonyl (C=O) groups excluding carboxylic acids is 1. The van der Waals surface area contributed by atoms with Gasteiger partial charge in [0.1, 0.15) is 0 Å². The maximum atomic E-state index is 11.2. The predicted octanol–water partition coefficient (Wildman–Crippen LogP) is 2.14. The summed E-state index contributed by atoms with van der Waals surface area (Å²) >= 11 is 0. The van der Waals surface area contributed by atoms with E-state index in [1.54, 1.807) is 18.2 Å². The highest BCUT2D eigenvalue weighted by atomic mass is 16.1. The monoisotopic (exact) mass is 189 g/mol. The van der Waals surface area contributed by atoms with E-state index in [1.165, 1.54) is 13.1 Å². The zero-order valence-corrected chi connectivity index (χ0v) is 7.61. The molecule has 0 aliphatic rings. The number of Topliss-reactive ketones (excluding diaryl/α,β-unsaturated/α-hetero) is 1. The second kappa shape index (κ2) is 3.18. The third-order valence-corrected chi connectivity index (χ3v) is 1.95. The molecule has 2 aromatic rings. The molecule has 14 heavy (non-hydrogen) atoms. The SMILES string of the molecule is [2H]C([2H])([2H])c1cnc2ccc(C(C)=O)cc2n1. The molecule has 1 aromatic carbocycles. The Labute approximate surface area is 86.0 Å². The average Bonchev–Trinajstić information content (AvgIpc) is 2.26. The van der Waals surface area contributed by atoms with Crippen LogP contribution in [0.1, 0.15) is 27.1 Å². The number of aromatic nitrogens is 2. The van der Waals surface area contributed by atoms with Crippen molar-refractivity contribution < 1.29 is 8.91 Å². The molecule has 0 N–H and O–H groups in total. The summed E-state index contributed by atoms with van der Waals surface area (Å²) in [5.74, 6) is -0.0898. The minimum atomic E-state index is -2.28. The Balaban J connectivity index is 2.62. The van der Waals surface area contributed by atoms with E-state index in [0.29, 0.717) is 16.6 Å². The lowest BCUT2D eigenvalue weighted by Crippen LogP contribution is -1.94. The summed E-state index contributed by atoms with van der Waals surface area (Å²) in [6, 6.07) is 4.86. The van der Waals surface area contributed by atoms with Gasteiger partial charge in [-0.05, 0) is 32.0 Å². The highest BCUT2D eigenvalue weighted by Crippen LogP contribution is 2.12. The zero-order chi connectivity index (χ0) is 12.6. The molecule has 0 radical (unpaired) electrons. The molecule has 0 atom stereocenters. The molecular weight excluding hydrogens is 176 g/mol. The van der Waals surface area contributed by atoms with Gasteiger partial charge in [0.15, 0.2) is 5.78 Å². The smallest absolute Gasteiger partial charge is 0.159 e. The van der Waals surface area contributed by atoms with Crippen molar-refractivity contribution in [1.29, 1.82) is 0 Å². The van der Waals surface area contributed by atoms with Crippen LogP contribution in [0.3, 0.4) is 0 Å². The lowest BCUT2D eigenvalue weighted by molar-refractivity contribution is 0.101. The van der Waals surface area contributed by atoms with Gasteiger partial charge in [0.25, 0.3) is 0 Å². The fraction of sp³-hybridized carbons (Fsp3) is 0.182. The van der Waals surface area contributed by atoms with Gasteiger partial charge in [0.05, 0.1) is 16.7 Å². The predicted molar refractivity (Wildman–Crippen MR) is 54.3 cm³/mol. The molecule has 3 nitrogen and oxygen atoms in total. The van der Waals surface area contributed by atoms with Crippen molar-refractivity contribution in [2.24, 2.45) is 0 Å². The van der Waals surface area contributed by atoms with Gasteiger partial charge >= 0.3 is 0 Å². The number of aryl methyl sites for hydroxylation is 1. The first-order valence-electron chi connectivity index (χ1n) is 5.66. The number of hydrogen-bond donors (Lipinski definition) is 0. The third kappa shape index (κ3) is 1.48. The summed E-state index contributed by atoms with van der Waals surface area (Å²) in [4.78, 5) is 19.2. The van der Waals surface area contributed by atoms with Crippen LogP contribution in [0, 0.1) is 6.85 Å². The van der Waals surface area contributed by atoms with Gasteiger partial charge < -0.3 is 0 Å². The summed E-state index contributed by atoms with van der Waals surface area (Å²) in [6.07, 6.45) is 1.24. The standard InChI is InChI=1S/C11H10N2O/c1-7-6-12-10-4-3-9(8(2)14)5-11(10)13-7/h3-6H,1-2H3/i1D3. The van der Waals surface area contributed by atoms with Gasteiger partial charge in [0, 0.05) is 15.9 Å². The van der Waals surface area contributed by atoms with E-state index in [4.69, 9.17) is 4.11 Å². The van der Waals surface area contributed by atoms with Crippen molar-refractivity contribution in [2.75, 3.05) is 0 Å². The van der Waals surface area contributed by atoms with Crippen molar-refractivity contribution in [1.82, 2.24) is 9.97 Å². The molecule has 0 spiro atoms. The number of carbonyl (C=O) groups is 1. The normalized spacial score (nSPS) is 14.5. The fourth-order valence-electron chi connectivity index (χ4n) is 1.23. The van der Waals surface area contributed by atoms with Crippen LogP contribution in [-0.4, -0.2) is 15.8 Å². The minimum Gasteiger partial charge on any atom is -0.295 e. The second-order valence-electron chi connectivity index (χ2n) is 3.01. The molecule has 0 saturated carbocycles. The first-order valence-corrected chi connectivity index (χ1v) is 4.16. The fourth-order valence-corrected chi connectivity index (χ4v) is 1.23. The summed E-state index contributed by atoms with van der Waals surface area (Å²) in [5.41, 5.74) is 1.43. The van der Waals surface area contributed by atoms with E-state index in [2.05, 4.69) is 9.97 Å². The topological polar surface area (TPSA) is 42.9 Å². The van der Waals surface area contributed by atoms with Crippen molar-refractivity contribution >= 4 is 16.8 Å². The molecule has 0 fully saturated rings. The van der Waals surface area contributed by atoms with Crippen LogP contribution >= 0.6 is 0 Å². The van der Waals surface area contributed by atoms with E-state index in [0.717, 1.165) is 0 Å². The van der Waals surface area contributed by atoms with Gasteiger partial charge in [0.2, 0.25) is 0 Å². The first-order chi connectivity index (χ1) is 7.88. The van der Waals surface area contributed by atoms with Gasteiger partial charge in [-0.25, -0.2) is 4.98 Å². The maximum Gasteiger partial charge on any atom is 0.159 e. The van der Waals surface area contributed by atoms with E-state index < -0.39 is 6.85 Å². The number of rotatable bonds is 1. The molecule has 2 rings (SSSR count). The number of nitrogens with zero attached hydrogens (tertiary/aromatic N) is 2. The summed E-state index contributed by atoms with van der Waals surface area (Å²) in [6.45, 7) is -0.838. The van der Waals surface area contributed by atoms with E-state index in [9.17, 15) is 4.79 Å². The molecule has 0 bridgehead atoms. The molecular formula is C11H10N2O. The van der Waals surface area contributed by atoms with Crippen LogP contribution in [0.15, 0.2) is 24.4 Å². The Bertz CT molecular complexity index is 593. The molecule has 0 saturated heterocycles. The molecule has 70 valence electrons. The Hall–Kier alpha value is -1.77. The van der Waals surface area contributed by atoms with Gasteiger partial charge in [-0.3, -0.25) is 9.78 Å². The molecule has 0 aliphatic heterocycles. The molecule has 1 aromatic heterocycles. The molecule has 3 heteroatoms. The van der Waals surface area contributed by atoms with Crippen LogP contribution in [0.2, 0.25) is 0 Å². The third-order valence-electron chi connectivity index (χ3n) is 1.95. The van der Waals surface area contributed by atoms with E-state index >= 15 is 0 Å². The Kier molecular flexibility index (Phi) is 1.33. The highest BCUT2D eigenvalue weighted by Gasteiger charge is 2.02. The first kappa shape index (κ1) is 5.86. The largest absolute Gasteiger partial charge is 0.295 e. The minimum absolute atomic E-state index is 0.0642. The summed E-state index contributed by atoms with van der Waals surface area (Å²) in [5, 5.41) is 0. The lowest BCUT2D eigenvalue weighted by Gasteiger charge is -1.99. The van der Waals surface area contributed by atoms with Crippen molar-refractivity contribution in [2.45, 2.75) is 13.8 Å². The Morgan fingerprint density at radius 1 is 1.43 bits per heavy atom. The number of fused-ring (bicyclic) bond motifs is 1.